The Bertz CT molecular complexity index is 488. The number of nitrogens with zero attached hydrogens (tertiary/aromatic N) is 1. The molecule has 0 heterocycles. The van der Waals surface area contributed by atoms with Gasteiger partial charge in [-0.1, -0.05) is 28.4 Å². The molecule has 0 saturated heterocycles. The molecule has 2 nitrogen and oxygen atoms in total. The summed E-state index contributed by atoms with van der Waals surface area (Å²) < 4.78 is 1.08. The Kier molecular flexibility index (Phi) is 4.09. The molecule has 2 fully saturated rings. The summed E-state index contributed by atoms with van der Waals surface area (Å²) in [5, 5.41) is 9.97. The van der Waals surface area contributed by atoms with Crippen LogP contribution in [0.4, 0.5) is 5.69 Å². The average molecular weight is 338 g/mol. The van der Waals surface area contributed by atoms with Gasteiger partial charge in [0, 0.05) is 29.3 Å². The fraction of sp³-hybridized carbons (Fsp3) is 0.647. The normalized spacial score (nSPS) is 29.7. The standard InChI is InChI=1S/C17H24BrNO/c1-11(20)16-6-5-15(18)9-17(16)19(2)10-14-8-12-3-4-13(14)7-12/h5-6,9,11-14,20H,3-4,7-8,10H2,1-2H3. The molecule has 0 amide bonds. The molecule has 2 bridgehead atoms. The average Bonchev–Trinajstić information content (AvgIpc) is 3.00. The van der Waals surface area contributed by atoms with Gasteiger partial charge in [0.05, 0.1) is 6.10 Å². The number of rotatable bonds is 4. The Hall–Kier alpha value is -0.540. The van der Waals surface area contributed by atoms with E-state index >= 15 is 0 Å². The predicted octanol–water partition coefficient (Wildman–Crippen LogP) is 4.37. The third kappa shape index (κ3) is 2.75. The maximum Gasteiger partial charge on any atom is 0.0782 e. The van der Waals surface area contributed by atoms with E-state index in [0.717, 1.165) is 40.0 Å². The van der Waals surface area contributed by atoms with Crippen molar-refractivity contribution in [2.24, 2.45) is 17.8 Å². The molecule has 1 N–H and O–H groups in total. The van der Waals surface area contributed by atoms with E-state index in [1.54, 1.807) is 0 Å². The first kappa shape index (κ1) is 14.4. The van der Waals surface area contributed by atoms with Crippen molar-refractivity contribution in [2.75, 3.05) is 18.5 Å². The first-order valence-corrected chi connectivity index (χ1v) is 8.52. The Labute approximate surface area is 130 Å². The highest BCUT2D eigenvalue weighted by Crippen LogP contribution is 2.48. The third-order valence-corrected chi connectivity index (χ3v) is 5.74. The van der Waals surface area contributed by atoms with Crippen LogP contribution in [0.1, 0.15) is 44.3 Å². The number of fused-ring (bicyclic) bond motifs is 2. The summed E-state index contributed by atoms with van der Waals surface area (Å²) in [6.07, 6.45) is 5.35. The molecule has 110 valence electrons. The lowest BCUT2D eigenvalue weighted by Crippen LogP contribution is -2.29. The van der Waals surface area contributed by atoms with Gasteiger partial charge in [0.15, 0.2) is 0 Å². The molecular formula is C17H24BrNO. The Morgan fingerprint density at radius 2 is 2.15 bits per heavy atom. The van der Waals surface area contributed by atoms with Gasteiger partial charge in [-0.15, -0.1) is 0 Å². The van der Waals surface area contributed by atoms with E-state index in [9.17, 15) is 5.11 Å². The third-order valence-electron chi connectivity index (χ3n) is 5.25. The smallest absolute Gasteiger partial charge is 0.0782 e. The maximum absolute atomic E-state index is 9.97. The molecule has 3 rings (SSSR count). The van der Waals surface area contributed by atoms with Crippen molar-refractivity contribution in [2.45, 2.75) is 38.7 Å². The molecule has 4 atom stereocenters. The molecule has 0 aromatic heterocycles. The van der Waals surface area contributed by atoms with Gasteiger partial charge in [-0.05, 0) is 56.1 Å². The van der Waals surface area contributed by atoms with Crippen molar-refractivity contribution in [3.05, 3.63) is 28.2 Å². The van der Waals surface area contributed by atoms with E-state index in [-0.39, 0.29) is 0 Å². The summed E-state index contributed by atoms with van der Waals surface area (Å²) in [7, 11) is 2.17. The minimum atomic E-state index is -0.416. The molecule has 2 aliphatic rings. The minimum absolute atomic E-state index is 0.416. The zero-order valence-corrected chi connectivity index (χ0v) is 13.9. The second-order valence-corrected chi connectivity index (χ2v) is 7.61. The second-order valence-electron chi connectivity index (χ2n) is 6.69. The molecule has 0 spiro atoms. The molecule has 3 heteroatoms. The van der Waals surface area contributed by atoms with Crippen LogP contribution in [0.25, 0.3) is 0 Å². The molecule has 20 heavy (non-hydrogen) atoms. The van der Waals surface area contributed by atoms with Crippen molar-refractivity contribution in [3.63, 3.8) is 0 Å². The van der Waals surface area contributed by atoms with Gasteiger partial charge >= 0.3 is 0 Å². The van der Waals surface area contributed by atoms with Crippen LogP contribution in [-0.4, -0.2) is 18.7 Å². The summed E-state index contributed by atoms with van der Waals surface area (Å²) in [5.74, 6) is 2.79. The van der Waals surface area contributed by atoms with E-state index in [1.807, 2.05) is 19.1 Å². The highest BCUT2D eigenvalue weighted by Gasteiger charge is 2.39. The van der Waals surface area contributed by atoms with Crippen LogP contribution in [0.3, 0.4) is 0 Å². The number of anilines is 1. The summed E-state index contributed by atoms with van der Waals surface area (Å²) in [6.45, 7) is 2.97. The lowest BCUT2D eigenvalue weighted by molar-refractivity contribution is 0.199. The Morgan fingerprint density at radius 1 is 1.35 bits per heavy atom. The van der Waals surface area contributed by atoms with Crippen LogP contribution in [0, 0.1) is 17.8 Å². The van der Waals surface area contributed by atoms with Gasteiger partial charge in [0.2, 0.25) is 0 Å². The van der Waals surface area contributed by atoms with E-state index < -0.39 is 6.10 Å². The quantitative estimate of drug-likeness (QED) is 0.881. The van der Waals surface area contributed by atoms with Crippen LogP contribution < -0.4 is 4.90 Å². The first-order chi connectivity index (χ1) is 9.54. The Morgan fingerprint density at radius 3 is 2.75 bits per heavy atom. The van der Waals surface area contributed by atoms with Gasteiger partial charge in [0.25, 0.3) is 0 Å². The van der Waals surface area contributed by atoms with Gasteiger partial charge in [-0.25, -0.2) is 0 Å². The van der Waals surface area contributed by atoms with Crippen LogP contribution in [-0.2, 0) is 0 Å². The van der Waals surface area contributed by atoms with Gasteiger partial charge in [0.1, 0.15) is 0 Å². The van der Waals surface area contributed by atoms with E-state index in [1.165, 1.54) is 25.7 Å². The summed E-state index contributed by atoms with van der Waals surface area (Å²) in [4.78, 5) is 2.35. The number of hydrogen-bond acceptors (Lipinski definition) is 2. The number of hydrogen-bond donors (Lipinski definition) is 1. The van der Waals surface area contributed by atoms with Crippen LogP contribution in [0.2, 0.25) is 0 Å². The molecule has 2 aliphatic carbocycles. The molecule has 1 aromatic carbocycles. The zero-order chi connectivity index (χ0) is 14.3. The first-order valence-electron chi connectivity index (χ1n) is 7.73. The largest absolute Gasteiger partial charge is 0.389 e. The lowest BCUT2D eigenvalue weighted by Gasteiger charge is -2.30. The van der Waals surface area contributed by atoms with Gasteiger partial charge in [-0.2, -0.15) is 0 Å². The van der Waals surface area contributed by atoms with E-state index in [4.69, 9.17) is 0 Å². The predicted molar refractivity (Wildman–Crippen MR) is 87.0 cm³/mol. The van der Waals surface area contributed by atoms with Crippen molar-refractivity contribution < 1.29 is 5.11 Å². The van der Waals surface area contributed by atoms with Gasteiger partial charge < -0.3 is 10.0 Å². The summed E-state index contributed by atoms with van der Waals surface area (Å²) >= 11 is 3.55. The highest BCUT2D eigenvalue weighted by molar-refractivity contribution is 9.10. The number of aliphatic hydroxyl groups excluding tert-OH is 1. The molecule has 4 unspecified atom stereocenters. The van der Waals surface area contributed by atoms with Crippen molar-refractivity contribution in [1.29, 1.82) is 0 Å². The molecule has 1 aromatic rings. The van der Waals surface area contributed by atoms with Crippen molar-refractivity contribution >= 4 is 21.6 Å². The van der Waals surface area contributed by atoms with Crippen LogP contribution in [0.5, 0.6) is 0 Å². The topological polar surface area (TPSA) is 23.5 Å². The molecular weight excluding hydrogens is 314 g/mol. The minimum Gasteiger partial charge on any atom is -0.389 e. The second kappa shape index (κ2) is 5.69. The molecule has 2 saturated carbocycles. The highest BCUT2D eigenvalue weighted by atomic mass is 79.9. The summed E-state index contributed by atoms with van der Waals surface area (Å²) in [6, 6.07) is 6.17. The molecule has 0 radical (unpaired) electrons. The number of halogens is 1. The fourth-order valence-electron chi connectivity index (χ4n) is 4.25. The fourth-order valence-corrected chi connectivity index (χ4v) is 4.60. The monoisotopic (exact) mass is 337 g/mol. The Balaban J connectivity index is 1.76. The van der Waals surface area contributed by atoms with Crippen molar-refractivity contribution in [1.82, 2.24) is 0 Å². The number of benzene rings is 1. The van der Waals surface area contributed by atoms with Gasteiger partial charge in [-0.3, -0.25) is 0 Å². The van der Waals surface area contributed by atoms with Crippen LogP contribution >= 0.6 is 15.9 Å². The van der Waals surface area contributed by atoms with E-state index in [0.29, 0.717) is 0 Å². The molecule has 0 aliphatic heterocycles. The zero-order valence-electron chi connectivity index (χ0n) is 12.3. The SMILES string of the molecule is CC(O)c1ccc(Br)cc1N(C)CC1CC2CCC1C2. The van der Waals surface area contributed by atoms with Crippen molar-refractivity contribution in [3.8, 4) is 0 Å². The number of aliphatic hydroxyl groups is 1. The summed E-state index contributed by atoms with van der Waals surface area (Å²) in [5.41, 5.74) is 2.19. The van der Waals surface area contributed by atoms with E-state index in [2.05, 4.69) is 33.9 Å². The van der Waals surface area contributed by atoms with Crippen LogP contribution in [0.15, 0.2) is 22.7 Å². The lowest BCUT2D eigenvalue weighted by atomic mass is 9.88. The maximum atomic E-state index is 9.97.